The molecule has 0 spiro atoms. The van der Waals surface area contributed by atoms with Crippen molar-refractivity contribution in [3.8, 4) is 0 Å². The Balaban J connectivity index is 0.00000312. The molecular weight excluding hydrogens is 340 g/mol. The topological polar surface area (TPSA) is 97.1 Å². The van der Waals surface area contributed by atoms with E-state index in [9.17, 15) is 9.59 Å². The molecule has 1 heterocycles. The lowest BCUT2D eigenvalue weighted by Crippen LogP contribution is -2.28. The zero-order chi connectivity index (χ0) is 17.5. The van der Waals surface area contributed by atoms with Gasteiger partial charge >= 0.3 is 0 Å². The molecule has 7 heteroatoms. The largest absolute Gasteiger partial charge is 0.352 e. The van der Waals surface area contributed by atoms with Crippen LogP contribution in [0.25, 0.3) is 0 Å². The first-order valence-corrected chi connectivity index (χ1v) is 7.85. The molecule has 0 aliphatic heterocycles. The maximum atomic E-state index is 12.4. The fraction of sp³-hybridized carbons (Fsp3) is 0.278. The summed E-state index contributed by atoms with van der Waals surface area (Å²) in [6, 6.07) is 10.2. The fourth-order valence-electron chi connectivity index (χ4n) is 2.11. The Morgan fingerprint density at radius 1 is 1.16 bits per heavy atom. The predicted octanol–water partition coefficient (Wildman–Crippen LogP) is 2.60. The van der Waals surface area contributed by atoms with Gasteiger partial charge < -0.3 is 16.4 Å². The van der Waals surface area contributed by atoms with E-state index >= 15 is 0 Å². The van der Waals surface area contributed by atoms with Gasteiger partial charge in [-0.05, 0) is 30.2 Å². The van der Waals surface area contributed by atoms with Gasteiger partial charge in [-0.25, -0.2) is 0 Å². The minimum Gasteiger partial charge on any atom is -0.352 e. The van der Waals surface area contributed by atoms with Gasteiger partial charge in [-0.3, -0.25) is 14.6 Å². The van der Waals surface area contributed by atoms with E-state index in [1.807, 2.05) is 13.8 Å². The van der Waals surface area contributed by atoms with E-state index in [0.717, 1.165) is 0 Å². The zero-order valence-electron chi connectivity index (χ0n) is 14.3. The molecule has 0 radical (unpaired) electrons. The lowest BCUT2D eigenvalue weighted by Gasteiger charge is -2.12. The van der Waals surface area contributed by atoms with Crippen LogP contribution in [0.3, 0.4) is 0 Å². The third-order valence-electron chi connectivity index (χ3n) is 3.38. The van der Waals surface area contributed by atoms with Gasteiger partial charge in [0, 0.05) is 24.8 Å². The average Bonchev–Trinajstić information content (AvgIpc) is 2.60. The Labute approximate surface area is 153 Å². The maximum absolute atomic E-state index is 12.4. The van der Waals surface area contributed by atoms with Crippen LogP contribution >= 0.6 is 12.4 Å². The second kappa shape index (κ2) is 9.76. The standard InChI is InChI=1S/C18H22N4O2.ClH/c1-12(2)11-21-18(24)15-5-3-4-6-16(15)22-17(23)13-7-8-20-14(9-13)10-19;/h3-9,12H,10-11,19H2,1-2H3,(H,21,24)(H,22,23);1H. The molecule has 1 aromatic carbocycles. The number of hydrogen-bond acceptors (Lipinski definition) is 4. The second-order valence-electron chi connectivity index (χ2n) is 5.84. The Hall–Kier alpha value is -2.44. The number of hydrogen-bond donors (Lipinski definition) is 3. The highest BCUT2D eigenvalue weighted by molar-refractivity contribution is 6.09. The van der Waals surface area contributed by atoms with Crippen molar-refractivity contribution in [3.63, 3.8) is 0 Å². The van der Waals surface area contributed by atoms with Gasteiger partial charge in [-0.2, -0.15) is 0 Å². The molecule has 2 rings (SSSR count). The minimum atomic E-state index is -0.309. The molecule has 1 aromatic heterocycles. The smallest absolute Gasteiger partial charge is 0.255 e. The number of nitrogens with zero attached hydrogens (tertiary/aromatic N) is 1. The third kappa shape index (κ3) is 5.85. The van der Waals surface area contributed by atoms with E-state index in [1.54, 1.807) is 42.6 Å². The van der Waals surface area contributed by atoms with Crippen LogP contribution in [0.4, 0.5) is 5.69 Å². The fourth-order valence-corrected chi connectivity index (χ4v) is 2.11. The number of aromatic nitrogens is 1. The van der Waals surface area contributed by atoms with Crippen molar-refractivity contribution < 1.29 is 9.59 Å². The monoisotopic (exact) mass is 362 g/mol. The van der Waals surface area contributed by atoms with Crippen LogP contribution in [0.2, 0.25) is 0 Å². The van der Waals surface area contributed by atoms with Gasteiger partial charge in [-0.1, -0.05) is 26.0 Å². The summed E-state index contributed by atoms with van der Waals surface area (Å²) in [6.07, 6.45) is 1.54. The summed E-state index contributed by atoms with van der Waals surface area (Å²) in [4.78, 5) is 28.8. The normalized spacial score (nSPS) is 10.1. The number of halogens is 1. The lowest BCUT2D eigenvalue weighted by molar-refractivity contribution is 0.0950. The number of pyridine rings is 1. The average molecular weight is 363 g/mol. The summed E-state index contributed by atoms with van der Waals surface area (Å²) in [5.74, 6) is -0.171. The number of rotatable bonds is 6. The van der Waals surface area contributed by atoms with Crippen molar-refractivity contribution in [2.45, 2.75) is 20.4 Å². The minimum absolute atomic E-state index is 0. The molecule has 4 N–H and O–H groups in total. The molecule has 0 unspecified atom stereocenters. The molecule has 0 fully saturated rings. The van der Waals surface area contributed by atoms with Gasteiger partial charge in [0.15, 0.2) is 0 Å². The number of nitrogens with two attached hydrogens (primary N) is 1. The van der Waals surface area contributed by atoms with Crippen LogP contribution in [-0.4, -0.2) is 23.3 Å². The van der Waals surface area contributed by atoms with Gasteiger partial charge in [-0.15, -0.1) is 12.4 Å². The molecule has 0 atom stereocenters. The van der Waals surface area contributed by atoms with E-state index in [0.29, 0.717) is 35.0 Å². The second-order valence-corrected chi connectivity index (χ2v) is 5.84. The number of para-hydroxylation sites is 1. The Kier molecular flexibility index (Phi) is 8.04. The van der Waals surface area contributed by atoms with Crippen LogP contribution < -0.4 is 16.4 Å². The van der Waals surface area contributed by atoms with E-state index in [1.165, 1.54) is 0 Å². The van der Waals surface area contributed by atoms with E-state index in [-0.39, 0.29) is 30.8 Å². The molecule has 2 amide bonds. The highest BCUT2D eigenvalue weighted by Gasteiger charge is 2.14. The maximum Gasteiger partial charge on any atom is 0.255 e. The number of carbonyl (C=O) groups is 2. The van der Waals surface area contributed by atoms with Crippen LogP contribution in [0.15, 0.2) is 42.6 Å². The van der Waals surface area contributed by atoms with Crippen LogP contribution in [0.1, 0.15) is 40.3 Å². The summed E-state index contributed by atoms with van der Waals surface area (Å²) in [6.45, 7) is 4.87. The molecule has 134 valence electrons. The van der Waals surface area contributed by atoms with Crippen LogP contribution in [0.5, 0.6) is 0 Å². The van der Waals surface area contributed by atoms with E-state index in [4.69, 9.17) is 5.73 Å². The van der Waals surface area contributed by atoms with Crippen molar-refractivity contribution in [1.82, 2.24) is 10.3 Å². The highest BCUT2D eigenvalue weighted by atomic mass is 35.5. The Morgan fingerprint density at radius 2 is 1.88 bits per heavy atom. The molecule has 0 aliphatic carbocycles. The number of amides is 2. The van der Waals surface area contributed by atoms with Crippen LogP contribution in [0, 0.1) is 5.92 Å². The van der Waals surface area contributed by atoms with Gasteiger partial charge in [0.25, 0.3) is 11.8 Å². The first-order chi connectivity index (χ1) is 11.5. The van der Waals surface area contributed by atoms with Gasteiger partial charge in [0.05, 0.1) is 16.9 Å². The lowest BCUT2D eigenvalue weighted by atomic mass is 10.1. The van der Waals surface area contributed by atoms with Crippen molar-refractivity contribution in [2.24, 2.45) is 11.7 Å². The number of carbonyl (C=O) groups excluding carboxylic acids is 2. The molecule has 0 saturated carbocycles. The summed E-state index contributed by atoms with van der Waals surface area (Å²) in [7, 11) is 0. The molecule has 6 nitrogen and oxygen atoms in total. The summed E-state index contributed by atoms with van der Waals surface area (Å²) in [5.41, 5.74) is 7.52. The summed E-state index contributed by atoms with van der Waals surface area (Å²) >= 11 is 0. The Morgan fingerprint density at radius 3 is 2.56 bits per heavy atom. The summed E-state index contributed by atoms with van der Waals surface area (Å²) in [5, 5.41) is 5.63. The molecular formula is C18H23ClN4O2. The van der Waals surface area contributed by atoms with Crippen LogP contribution in [-0.2, 0) is 6.54 Å². The Bertz CT molecular complexity index is 735. The molecule has 0 saturated heterocycles. The quantitative estimate of drug-likeness (QED) is 0.735. The highest BCUT2D eigenvalue weighted by Crippen LogP contribution is 2.16. The number of nitrogens with one attached hydrogen (secondary N) is 2. The first kappa shape index (κ1) is 20.6. The van der Waals surface area contributed by atoms with Gasteiger partial charge in [0.2, 0.25) is 0 Å². The number of benzene rings is 1. The SMILES string of the molecule is CC(C)CNC(=O)c1ccccc1NC(=O)c1ccnc(CN)c1.Cl. The molecule has 0 bridgehead atoms. The summed E-state index contributed by atoms with van der Waals surface area (Å²) < 4.78 is 0. The molecule has 0 aliphatic rings. The van der Waals surface area contributed by atoms with Crippen molar-refractivity contribution in [2.75, 3.05) is 11.9 Å². The zero-order valence-corrected chi connectivity index (χ0v) is 15.1. The third-order valence-corrected chi connectivity index (χ3v) is 3.38. The number of anilines is 1. The molecule has 25 heavy (non-hydrogen) atoms. The molecule has 2 aromatic rings. The van der Waals surface area contributed by atoms with Crippen molar-refractivity contribution in [1.29, 1.82) is 0 Å². The first-order valence-electron chi connectivity index (χ1n) is 7.85. The van der Waals surface area contributed by atoms with E-state index < -0.39 is 0 Å². The van der Waals surface area contributed by atoms with E-state index in [2.05, 4.69) is 15.6 Å². The van der Waals surface area contributed by atoms with Gasteiger partial charge in [0.1, 0.15) is 0 Å². The van der Waals surface area contributed by atoms with Crippen molar-refractivity contribution in [3.05, 3.63) is 59.4 Å². The predicted molar refractivity (Wildman–Crippen MR) is 101 cm³/mol. The van der Waals surface area contributed by atoms with Crippen molar-refractivity contribution >= 4 is 29.9 Å².